The van der Waals surface area contributed by atoms with Crippen LogP contribution in [0.2, 0.25) is 0 Å². The molecule has 0 aliphatic heterocycles. The summed E-state index contributed by atoms with van der Waals surface area (Å²) in [4.78, 5) is 17.0. The van der Waals surface area contributed by atoms with Crippen LogP contribution in [0.15, 0.2) is 94.4 Å². The van der Waals surface area contributed by atoms with E-state index in [0.29, 0.717) is 12.4 Å². The van der Waals surface area contributed by atoms with Crippen LogP contribution in [0.1, 0.15) is 16.7 Å². The summed E-state index contributed by atoms with van der Waals surface area (Å²) in [6.07, 6.45) is 1.66. The van der Waals surface area contributed by atoms with Gasteiger partial charge in [-0.25, -0.2) is 10.4 Å². The molecule has 7 heteroatoms. The number of nitrogens with one attached hydrogen (secondary N) is 1. The predicted octanol–water partition coefficient (Wildman–Crippen LogP) is 6.58. The van der Waals surface area contributed by atoms with E-state index in [4.69, 9.17) is 4.74 Å². The summed E-state index contributed by atoms with van der Waals surface area (Å²) in [5.74, 6) is 0.769. The van der Waals surface area contributed by atoms with Crippen LogP contribution < -0.4 is 10.2 Å². The summed E-state index contributed by atoms with van der Waals surface area (Å²) in [5.41, 5.74) is 6.73. The Morgan fingerprint density at radius 1 is 1.03 bits per heavy atom. The molecule has 0 atom stereocenters. The molecule has 1 amide bonds. The summed E-state index contributed by atoms with van der Waals surface area (Å²) in [7, 11) is 0. The van der Waals surface area contributed by atoms with Gasteiger partial charge in [0.15, 0.2) is 4.34 Å². The molecule has 0 spiro atoms. The van der Waals surface area contributed by atoms with Crippen LogP contribution in [-0.2, 0) is 11.4 Å². The van der Waals surface area contributed by atoms with Crippen molar-refractivity contribution in [3.05, 3.63) is 102 Å². The van der Waals surface area contributed by atoms with Gasteiger partial charge in [0.05, 0.1) is 22.2 Å². The summed E-state index contributed by atoms with van der Waals surface area (Å²) in [5, 5.41) is 6.33. The molecule has 0 fully saturated rings. The first kappa shape index (κ1) is 23.1. The van der Waals surface area contributed by atoms with E-state index in [0.717, 1.165) is 36.5 Å². The Bertz CT molecular complexity index is 1490. The SMILES string of the molecule is Cc1ccccc1COc1ccc2ccccc2c1/C=N/NC(=O)CSc1nc2ccccc2s1. The molecule has 0 aliphatic carbocycles. The number of carbonyl (C=O) groups excluding carboxylic acids is 1. The van der Waals surface area contributed by atoms with Gasteiger partial charge in [0.2, 0.25) is 0 Å². The molecule has 0 radical (unpaired) electrons. The van der Waals surface area contributed by atoms with Crippen molar-refractivity contribution in [1.82, 2.24) is 10.4 Å². The van der Waals surface area contributed by atoms with E-state index in [2.05, 4.69) is 34.6 Å². The van der Waals surface area contributed by atoms with E-state index in [1.807, 2.05) is 72.8 Å². The maximum absolute atomic E-state index is 12.4. The average molecular weight is 498 g/mol. The smallest absolute Gasteiger partial charge is 0.250 e. The first-order valence-electron chi connectivity index (χ1n) is 11.2. The van der Waals surface area contributed by atoms with Gasteiger partial charge >= 0.3 is 0 Å². The Hall–Kier alpha value is -3.68. The maximum atomic E-state index is 12.4. The molecule has 5 rings (SSSR count). The lowest BCUT2D eigenvalue weighted by Crippen LogP contribution is -2.19. The molecule has 1 heterocycles. The average Bonchev–Trinajstić information content (AvgIpc) is 3.31. The van der Waals surface area contributed by atoms with Crippen LogP contribution in [0.3, 0.4) is 0 Å². The number of thioether (sulfide) groups is 1. The van der Waals surface area contributed by atoms with Gasteiger partial charge in [0.25, 0.3) is 5.91 Å². The fourth-order valence-electron chi connectivity index (χ4n) is 3.70. The number of aryl methyl sites for hydroxylation is 1. The first-order valence-corrected chi connectivity index (χ1v) is 13.0. The summed E-state index contributed by atoms with van der Waals surface area (Å²) < 4.78 is 8.17. The lowest BCUT2D eigenvalue weighted by atomic mass is 10.0. The topological polar surface area (TPSA) is 63.6 Å². The van der Waals surface area contributed by atoms with E-state index in [1.54, 1.807) is 17.6 Å². The van der Waals surface area contributed by atoms with Crippen molar-refractivity contribution >= 4 is 56.2 Å². The van der Waals surface area contributed by atoms with Crippen molar-refractivity contribution in [1.29, 1.82) is 0 Å². The normalized spacial score (nSPS) is 11.3. The largest absolute Gasteiger partial charge is 0.488 e. The second kappa shape index (κ2) is 10.7. The number of amides is 1. The minimum absolute atomic E-state index is 0.187. The van der Waals surface area contributed by atoms with Crippen LogP contribution in [0.25, 0.3) is 21.0 Å². The van der Waals surface area contributed by atoms with Crippen molar-refractivity contribution < 1.29 is 9.53 Å². The number of nitrogens with zero attached hydrogens (tertiary/aromatic N) is 2. The number of hydrazone groups is 1. The fourth-order valence-corrected chi connectivity index (χ4v) is 5.56. The maximum Gasteiger partial charge on any atom is 0.250 e. The van der Waals surface area contributed by atoms with Crippen LogP contribution >= 0.6 is 23.1 Å². The zero-order valence-corrected chi connectivity index (χ0v) is 20.7. The highest BCUT2D eigenvalue weighted by atomic mass is 32.2. The number of aromatic nitrogens is 1. The van der Waals surface area contributed by atoms with Crippen LogP contribution in [0.5, 0.6) is 5.75 Å². The quantitative estimate of drug-likeness (QED) is 0.149. The number of fused-ring (bicyclic) bond motifs is 2. The van der Waals surface area contributed by atoms with Gasteiger partial charge in [0, 0.05) is 5.56 Å². The molecule has 1 aromatic heterocycles. The Morgan fingerprint density at radius 3 is 2.71 bits per heavy atom. The number of carbonyl (C=O) groups is 1. The number of hydrogen-bond acceptors (Lipinski definition) is 6. The van der Waals surface area contributed by atoms with Gasteiger partial charge in [-0.3, -0.25) is 4.79 Å². The van der Waals surface area contributed by atoms with Crippen molar-refractivity contribution in [3.63, 3.8) is 0 Å². The van der Waals surface area contributed by atoms with E-state index in [9.17, 15) is 4.79 Å². The Kier molecular flexibility index (Phi) is 7.07. The summed E-state index contributed by atoms with van der Waals surface area (Å²) >= 11 is 2.99. The molecule has 0 unspecified atom stereocenters. The molecule has 5 nitrogen and oxygen atoms in total. The minimum Gasteiger partial charge on any atom is -0.488 e. The molecule has 0 aliphatic rings. The lowest BCUT2D eigenvalue weighted by Gasteiger charge is -2.13. The molecule has 174 valence electrons. The molecular weight excluding hydrogens is 474 g/mol. The van der Waals surface area contributed by atoms with Crippen molar-refractivity contribution in [2.75, 3.05) is 5.75 Å². The van der Waals surface area contributed by atoms with E-state index < -0.39 is 0 Å². The molecule has 0 bridgehead atoms. The highest BCUT2D eigenvalue weighted by Gasteiger charge is 2.10. The van der Waals surface area contributed by atoms with Gasteiger partial charge in [0.1, 0.15) is 12.4 Å². The van der Waals surface area contributed by atoms with Gasteiger partial charge in [-0.2, -0.15) is 5.10 Å². The van der Waals surface area contributed by atoms with Gasteiger partial charge in [-0.15, -0.1) is 11.3 Å². The van der Waals surface area contributed by atoms with Crippen LogP contribution in [0, 0.1) is 6.92 Å². The van der Waals surface area contributed by atoms with Crippen LogP contribution in [-0.4, -0.2) is 22.9 Å². The zero-order chi connectivity index (χ0) is 24.0. The second-order valence-corrected chi connectivity index (χ2v) is 10.2. The van der Waals surface area contributed by atoms with Gasteiger partial charge in [-0.05, 0) is 47.0 Å². The number of para-hydroxylation sites is 1. The summed E-state index contributed by atoms with van der Waals surface area (Å²) in [6, 6.07) is 28.2. The Morgan fingerprint density at radius 2 is 1.83 bits per heavy atom. The second-order valence-electron chi connectivity index (χ2n) is 7.94. The molecule has 4 aromatic carbocycles. The number of ether oxygens (including phenoxy) is 1. The predicted molar refractivity (Wildman–Crippen MR) is 146 cm³/mol. The molecular formula is C28H23N3O2S2. The van der Waals surface area contributed by atoms with Crippen molar-refractivity contribution in [2.24, 2.45) is 5.10 Å². The van der Waals surface area contributed by atoms with Gasteiger partial charge < -0.3 is 4.74 Å². The molecule has 1 N–H and O–H groups in total. The Balaban J connectivity index is 1.28. The van der Waals surface area contributed by atoms with E-state index >= 15 is 0 Å². The first-order chi connectivity index (χ1) is 17.2. The summed E-state index contributed by atoms with van der Waals surface area (Å²) in [6.45, 7) is 2.53. The monoisotopic (exact) mass is 497 g/mol. The highest BCUT2D eigenvalue weighted by molar-refractivity contribution is 8.01. The Labute approximate surface area is 211 Å². The number of thiazole rings is 1. The lowest BCUT2D eigenvalue weighted by molar-refractivity contribution is -0.118. The minimum atomic E-state index is -0.187. The third-order valence-corrected chi connectivity index (χ3v) is 7.74. The number of rotatable bonds is 8. The van der Waals surface area contributed by atoms with Crippen molar-refractivity contribution in [2.45, 2.75) is 17.9 Å². The number of hydrogen-bond donors (Lipinski definition) is 1. The van der Waals surface area contributed by atoms with E-state index in [-0.39, 0.29) is 11.7 Å². The third-order valence-electron chi connectivity index (χ3n) is 5.56. The molecule has 5 aromatic rings. The molecule has 0 saturated carbocycles. The number of benzene rings is 4. The standard InChI is InChI=1S/C28H23N3O2S2/c1-19-8-2-3-10-21(19)17-33-25-15-14-20-9-4-5-11-22(20)23(25)16-29-31-27(32)18-34-28-30-24-12-6-7-13-26(24)35-28/h2-16H,17-18H2,1H3,(H,31,32)/b29-16+. The zero-order valence-electron chi connectivity index (χ0n) is 19.1. The molecule has 0 saturated heterocycles. The third kappa shape index (κ3) is 5.53. The fraction of sp³-hybridized carbons (Fsp3) is 0.107. The highest BCUT2D eigenvalue weighted by Crippen LogP contribution is 2.29. The van der Waals surface area contributed by atoms with Crippen LogP contribution in [0.4, 0.5) is 0 Å². The van der Waals surface area contributed by atoms with E-state index in [1.165, 1.54) is 17.3 Å². The van der Waals surface area contributed by atoms with Gasteiger partial charge in [-0.1, -0.05) is 78.5 Å². The van der Waals surface area contributed by atoms with Crippen molar-refractivity contribution in [3.8, 4) is 5.75 Å². The molecule has 35 heavy (non-hydrogen) atoms.